The molecule has 2 aromatic rings. The largest absolute Gasteiger partial charge is 0.399 e. The molecule has 0 heterocycles. The van der Waals surface area contributed by atoms with Gasteiger partial charge >= 0.3 is 0 Å². The van der Waals surface area contributed by atoms with Crippen LogP contribution in [0.4, 0.5) is 5.69 Å². The average molecular weight is 331 g/mol. The van der Waals surface area contributed by atoms with E-state index in [2.05, 4.69) is 5.32 Å². The van der Waals surface area contributed by atoms with Gasteiger partial charge in [0.2, 0.25) is 5.91 Å². The van der Waals surface area contributed by atoms with E-state index in [1.54, 1.807) is 0 Å². The fourth-order valence-electron chi connectivity index (χ4n) is 2.48. The van der Waals surface area contributed by atoms with Gasteiger partial charge in [-0.3, -0.25) is 4.79 Å². The second-order valence-electron chi connectivity index (χ2n) is 6.44. The van der Waals surface area contributed by atoms with Crippen LogP contribution in [0.1, 0.15) is 25.0 Å². The molecule has 0 saturated heterocycles. The van der Waals surface area contributed by atoms with Crippen LogP contribution in [0.15, 0.2) is 48.5 Å². The number of nitrogens with one attached hydrogen (secondary N) is 1. The molecule has 3 N–H and O–H groups in total. The summed E-state index contributed by atoms with van der Waals surface area (Å²) >= 11 is 6.01. The van der Waals surface area contributed by atoms with E-state index in [4.69, 9.17) is 17.3 Å². The fraction of sp³-hybridized carbons (Fsp3) is 0.316. The highest BCUT2D eigenvalue weighted by molar-refractivity contribution is 6.30. The van der Waals surface area contributed by atoms with E-state index in [-0.39, 0.29) is 5.91 Å². The van der Waals surface area contributed by atoms with Crippen LogP contribution in [0.2, 0.25) is 5.02 Å². The predicted octanol–water partition coefficient (Wildman–Crippen LogP) is 3.85. The molecule has 0 aromatic heterocycles. The monoisotopic (exact) mass is 330 g/mol. The number of carbonyl (C=O) groups is 1. The van der Waals surface area contributed by atoms with Crippen molar-refractivity contribution < 1.29 is 4.79 Å². The van der Waals surface area contributed by atoms with Gasteiger partial charge in [-0.15, -0.1) is 0 Å². The molecule has 0 aliphatic heterocycles. The summed E-state index contributed by atoms with van der Waals surface area (Å²) < 4.78 is 0. The molecule has 0 radical (unpaired) electrons. The SMILES string of the molecule is CC(C)(Cc1cccc(Cl)c1)C(=O)NCCc1ccc(N)cc1. The standard InChI is InChI=1S/C19H23ClN2O/c1-19(2,13-15-4-3-5-16(20)12-15)18(23)22-11-10-14-6-8-17(21)9-7-14/h3-9,12H,10-11,13,21H2,1-2H3,(H,22,23). The van der Waals surface area contributed by atoms with Crippen LogP contribution >= 0.6 is 11.6 Å². The van der Waals surface area contributed by atoms with Crippen molar-refractivity contribution in [1.82, 2.24) is 5.32 Å². The lowest BCUT2D eigenvalue weighted by Gasteiger charge is -2.24. The van der Waals surface area contributed by atoms with Crippen LogP contribution in [-0.2, 0) is 17.6 Å². The van der Waals surface area contributed by atoms with E-state index >= 15 is 0 Å². The Kier molecular flexibility index (Phi) is 5.67. The molecule has 0 saturated carbocycles. The second kappa shape index (κ2) is 7.51. The number of hydrogen-bond acceptors (Lipinski definition) is 2. The highest BCUT2D eigenvalue weighted by Gasteiger charge is 2.27. The molecular weight excluding hydrogens is 308 g/mol. The van der Waals surface area contributed by atoms with Gasteiger partial charge in [0.15, 0.2) is 0 Å². The van der Waals surface area contributed by atoms with E-state index < -0.39 is 5.41 Å². The van der Waals surface area contributed by atoms with Crippen LogP contribution in [0, 0.1) is 5.41 Å². The molecule has 0 aliphatic rings. The summed E-state index contributed by atoms with van der Waals surface area (Å²) in [4.78, 5) is 12.4. The molecule has 0 atom stereocenters. The van der Waals surface area contributed by atoms with Crippen LogP contribution in [0.5, 0.6) is 0 Å². The quantitative estimate of drug-likeness (QED) is 0.790. The summed E-state index contributed by atoms with van der Waals surface area (Å²) in [5.41, 5.74) is 8.16. The van der Waals surface area contributed by atoms with Crippen LogP contribution in [0.3, 0.4) is 0 Å². The molecule has 4 heteroatoms. The van der Waals surface area contributed by atoms with Gasteiger partial charge in [-0.25, -0.2) is 0 Å². The van der Waals surface area contributed by atoms with E-state index in [1.807, 2.05) is 62.4 Å². The maximum absolute atomic E-state index is 12.4. The van der Waals surface area contributed by atoms with E-state index in [0.717, 1.165) is 23.2 Å². The van der Waals surface area contributed by atoms with Gasteiger partial charge in [0.25, 0.3) is 0 Å². The molecule has 2 aromatic carbocycles. The Morgan fingerprint density at radius 1 is 1.13 bits per heavy atom. The maximum atomic E-state index is 12.4. The first-order chi connectivity index (χ1) is 10.9. The molecule has 0 bridgehead atoms. The third kappa shape index (κ3) is 5.29. The number of carbonyl (C=O) groups excluding carboxylic acids is 1. The summed E-state index contributed by atoms with van der Waals surface area (Å²) in [7, 11) is 0. The minimum absolute atomic E-state index is 0.0490. The summed E-state index contributed by atoms with van der Waals surface area (Å²) in [5.74, 6) is 0.0490. The summed E-state index contributed by atoms with van der Waals surface area (Å²) in [6.45, 7) is 4.51. The lowest BCUT2D eigenvalue weighted by Crippen LogP contribution is -2.39. The molecule has 3 nitrogen and oxygen atoms in total. The summed E-state index contributed by atoms with van der Waals surface area (Å²) in [6.07, 6.45) is 1.44. The molecule has 1 amide bonds. The van der Waals surface area contributed by atoms with Crippen molar-refractivity contribution in [2.75, 3.05) is 12.3 Å². The minimum Gasteiger partial charge on any atom is -0.399 e. The molecule has 2 rings (SSSR count). The number of rotatable bonds is 6. The zero-order chi connectivity index (χ0) is 16.9. The maximum Gasteiger partial charge on any atom is 0.226 e. The summed E-state index contributed by atoms with van der Waals surface area (Å²) in [5, 5.41) is 3.71. The molecule has 0 aliphatic carbocycles. The first kappa shape index (κ1) is 17.4. The highest BCUT2D eigenvalue weighted by atomic mass is 35.5. The number of nitrogen functional groups attached to an aromatic ring is 1. The highest BCUT2D eigenvalue weighted by Crippen LogP contribution is 2.23. The lowest BCUT2D eigenvalue weighted by atomic mass is 9.85. The van der Waals surface area contributed by atoms with Crippen molar-refractivity contribution in [3.8, 4) is 0 Å². The Morgan fingerprint density at radius 3 is 2.48 bits per heavy atom. The zero-order valence-electron chi connectivity index (χ0n) is 13.6. The first-order valence-electron chi connectivity index (χ1n) is 7.74. The zero-order valence-corrected chi connectivity index (χ0v) is 14.4. The normalized spacial score (nSPS) is 11.3. The Bertz CT molecular complexity index is 665. The Morgan fingerprint density at radius 2 is 1.83 bits per heavy atom. The number of halogens is 1. The first-order valence-corrected chi connectivity index (χ1v) is 8.12. The molecular formula is C19H23ClN2O. The van der Waals surface area contributed by atoms with Gasteiger partial charge in [0.1, 0.15) is 0 Å². The third-order valence-electron chi connectivity index (χ3n) is 3.83. The van der Waals surface area contributed by atoms with Gasteiger partial charge in [-0.2, -0.15) is 0 Å². The molecule has 23 heavy (non-hydrogen) atoms. The number of hydrogen-bond donors (Lipinski definition) is 2. The Labute approximate surface area is 142 Å². The van der Waals surface area contributed by atoms with Crippen LogP contribution < -0.4 is 11.1 Å². The van der Waals surface area contributed by atoms with Crippen molar-refractivity contribution in [3.63, 3.8) is 0 Å². The van der Waals surface area contributed by atoms with Gasteiger partial charge in [-0.1, -0.05) is 49.7 Å². The smallest absolute Gasteiger partial charge is 0.226 e. The fourth-order valence-corrected chi connectivity index (χ4v) is 2.69. The van der Waals surface area contributed by atoms with Crippen molar-refractivity contribution in [1.29, 1.82) is 0 Å². The van der Waals surface area contributed by atoms with E-state index in [1.165, 1.54) is 0 Å². The van der Waals surface area contributed by atoms with Gasteiger partial charge in [-0.05, 0) is 48.2 Å². The van der Waals surface area contributed by atoms with E-state index in [0.29, 0.717) is 18.0 Å². The van der Waals surface area contributed by atoms with Crippen LogP contribution in [0.25, 0.3) is 0 Å². The third-order valence-corrected chi connectivity index (χ3v) is 4.06. The second-order valence-corrected chi connectivity index (χ2v) is 6.87. The van der Waals surface area contributed by atoms with Crippen LogP contribution in [-0.4, -0.2) is 12.5 Å². The number of amides is 1. The van der Waals surface area contributed by atoms with Crippen molar-refractivity contribution >= 4 is 23.2 Å². The molecule has 0 spiro atoms. The number of benzene rings is 2. The summed E-state index contributed by atoms with van der Waals surface area (Å²) in [6, 6.07) is 15.4. The van der Waals surface area contributed by atoms with E-state index in [9.17, 15) is 4.79 Å². The Hall–Kier alpha value is -2.00. The van der Waals surface area contributed by atoms with Crippen molar-refractivity contribution in [2.45, 2.75) is 26.7 Å². The number of anilines is 1. The van der Waals surface area contributed by atoms with Gasteiger partial charge in [0.05, 0.1) is 0 Å². The molecule has 0 unspecified atom stereocenters. The minimum atomic E-state index is -0.480. The lowest BCUT2D eigenvalue weighted by molar-refractivity contribution is -0.129. The topological polar surface area (TPSA) is 55.1 Å². The van der Waals surface area contributed by atoms with Crippen molar-refractivity contribution in [2.24, 2.45) is 5.41 Å². The molecule has 122 valence electrons. The van der Waals surface area contributed by atoms with Gasteiger partial charge in [0, 0.05) is 22.7 Å². The van der Waals surface area contributed by atoms with Crippen molar-refractivity contribution in [3.05, 3.63) is 64.7 Å². The number of nitrogens with two attached hydrogens (primary N) is 1. The predicted molar refractivity (Wildman–Crippen MR) is 96.5 cm³/mol. The molecule has 0 fully saturated rings. The average Bonchev–Trinajstić information content (AvgIpc) is 2.48. The van der Waals surface area contributed by atoms with Gasteiger partial charge < -0.3 is 11.1 Å². The Balaban J connectivity index is 1.87.